The summed E-state index contributed by atoms with van der Waals surface area (Å²) >= 11 is 0. The molecule has 3 aromatic carbocycles. The van der Waals surface area contributed by atoms with Crippen molar-refractivity contribution in [1.29, 1.82) is 0 Å². The van der Waals surface area contributed by atoms with Crippen molar-refractivity contribution in [1.82, 2.24) is 9.97 Å². The number of benzene rings is 3. The molecule has 1 fully saturated rings. The van der Waals surface area contributed by atoms with Crippen molar-refractivity contribution in [3.8, 4) is 28.5 Å². The van der Waals surface area contributed by atoms with Gasteiger partial charge in [0.2, 0.25) is 5.91 Å². The molecule has 1 amide bonds. The summed E-state index contributed by atoms with van der Waals surface area (Å²) in [6.07, 6.45) is 3.34. The maximum absolute atomic E-state index is 13.1. The van der Waals surface area contributed by atoms with Gasteiger partial charge in [0.25, 0.3) is 0 Å². The third-order valence-electron chi connectivity index (χ3n) is 6.26. The van der Waals surface area contributed by atoms with E-state index in [1.165, 1.54) is 0 Å². The van der Waals surface area contributed by atoms with Crippen LogP contribution in [0.2, 0.25) is 0 Å². The van der Waals surface area contributed by atoms with Crippen molar-refractivity contribution in [3.05, 3.63) is 91.3 Å². The first kappa shape index (κ1) is 23.4. The average Bonchev–Trinajstić information content (AvgIpc) is 2.95. The van der Waals surface area contributed by atoms with E-state index in [0.717, 1.165) is 59.4 Å². The van der Waals surface area contributed by atoms with E-state index in [1.807, 2.05) is 84.9 Å². The Morgan fingerprint density at radius 2 is 1.64 bits per heavy atom. The molecular weight excluding hydrogens is 452 g/mol. The molecule has 1 aliphatic heterocycles. The third kappa shape index (κ3) is 5.63. The summed E-state index contributed by atoms with van der Waals surface area (Å²) in [5.74, 6) is 3.02. The first-order valence-corrected chi connectivity index (χ1v) is 12.0. The van der Waals surface area contributed by atoms with Gasteiger partial charge in [0, 0.05) is 30.4 Å². The Morgan fingerprint density at radius 3 is 2.39 bits per heavy atom. The van der Waals surface area contributed by atoms with Gasteiger partial charge in [-0.1, -0.05) is 18.2 Å². The van der Waals surface area contributed by atoms with Gasteiger partial charge in [0.15, 0.2) is 0 Å². The third-order valence-corrected chi connectivity index (χ3v) is 6.26. The molecule has 0 spiro atoms. The number of hydrogen-bond acceptors (Lipinski definition) is 6. The lowest BCUT2D eigenvalue weighted by Crippen LogP contribution is -2.41. The van der Waals surface area contributed by atoms with Crippen LogP contribution in [0.25, 0.3) is 11.3 Å². The van der Waals surface area contributed by atoms with E-state index in [9.17, 15) is 4.79 Å². The highest BCUT2D eigenvalue weighted by molar-refractivity contribution is 5.93. The second-order valence-electron chi connectivity index (χ2n) is 8.70. The summed E-state index contributed by atoms with van der Waals surface area (Å²) in [5.41, 5.74) is 2.58. The molecule has 182 valence electrons. The maximum Gasteiger partial charge on any atom is 0.229 e. The molecule has 0 saturated carbocycles. The van der Waals surface area contributed by atoms with Crippen molar-refractivity contribution in [2.75, 3.05) is 30.4 Å². The Bertz CT molecular complexity index is 1290. The molecule has 1 N–H and O–H groups in total. The van der Waals surface area contributed by atoms with Crippen molar-refractivity contribution in [2.45, 2.75) is 12.8 Å². The van der Waals surface area contributed by atoms with Crippen LogP contribution in [-0.2, 0) is 4.79 Å². The van der Waals surface area contributed by atoms with Gasteiger partial charge in [-0.2, -0.15) is 0 Å². The van der Waals surface area contributed by atoms with Gasteiger partial charge in [-0.05, 0) is 73.5 Å². The summed E-state index contributed by atoms with van der Waals surface area (Å²) in [7, 11) is 1.65. The second kappa shape index (κ2) is 10.9. The fourth-order valence-corrected chi connectivity index (χ4v) is 4.31. The number of amides is 1. The largest absolute Gasteiger partial charge is 0.497 e. The van der Waals surface area contributed by atoms with E-state index in [4.69, 9.17) is 9.47 Å². The number of hydrogen-bond donors (Lipinski definition) is 1. The van der Waals surface area contributed by atoms with Crippen LogP contribution in [0.1, 0.15) is 12.8 Å². The smallest absolute Gasteiger partial charge is 0.229 e. The van der Waals surface area contributed by atoms with Crippen LogP contribution in [-0.4, -0.2) is 36.1 Å². The van der Waals surface area contributed by atoms with Crippen LogP contribution in [0.15, 0.2) is 91.3 Å². The topological polar surface area (TPSA) is 76.6 Å². The number of piperidine rings is 1. The number of rotatable bonds is 7. The number of nitrogens with zero attached hydrogens (tertiary/aromatic N) is 3. The summed E-state index contributed by atoms with van der Waals surface area (Å²) in [6, 6.07) is 26.8. The summed E-state index contributed by atoms with van der Waals surface area (Å²) in [4.78, 5) is 24.1. The Morgan fingerprint density at radius 1 is 0.917 bits per heavy atom. The summed E-state index contributed by atoms with van der Waals surface area (Å²) in [6.45, 7) is 1.47. The fraction of sp³-hybridized carbons (Fsp3) is 0.207. The summed E-state index contributed by atoms with van der Waals surface area (Å²) < 4.78 is 11.1. The molecule has 0 radical (unpaired) electrons. The fourth-order valence-electron chi connectivity index (χ4n) is 4.31. The van der Waals surface area contributed by atoms with E-state index >= 15 is 0 Å². The lowest BCUT2D eigenvalue weighted by molar-refractivity contribution is -0.120. The number of aromatic nitrogens is 2. The maximum atomic E-state index is 13.1. The minimum atomic E-state index is -0.126. The van der Waals surface area contributed by atoms with Gasteiger partial charge in [0.1, 0.15) is 29.4 Å². The van der Waals surface area contributed by atoms with Gasteiger partial charge in [-0.25, -0.2) is 9.97 Å². The Labute approximate surface area is 210 Å². The Balaban J connectivity index is 1.21. The highest BCUT2D eigenvalue weighted by atomic mass is 16.5. The van der Waals surface area contributed by atoms with Gasteiger partial charge in [-0.15, -0.1) is 0 Å². The molecule has 0 bridgehead atoms. The molecule has 2 heterocycles. The molecule has 0 aliphatic carbocycles. The van der Waals surface area contributed by atoms with Gasteiger partial charge < -0.3 is 19.7 Å². The zero-order chi connectivity index (χ0) is 24.7. The van der Waals surface area contributed by atoms with Crippen LogP contribution >= 0.6 is 0 Å². The first-order valence-electron chi connectivity index (χ1n) is 12.0. The van der Waals surface area contributed by atoms with E-state index in [-0.39, 0.29) is 11.8 Å². The molecule has 7 nitrogen and oxygen atoms in total. The Hall–Kier alpha value is -4.39. The zero-order valence-electron chi connectivity index (χ0n) is 20.1. The number of ether oxygens (including phenoxy) is 2. The first-order chi connectivity index (χ1) is 17.7. The quantitative estimate of drug-likeness (QED) is 0.360. The molecule has 1 unspecified atom stereocenters. The molecule has 4 aromatic rings. The summed E-state index contributed by atoms with van der Waals surface area (Å²) in [5, 5.41) is 3.06. The van der Waals surface area contributed by atoms with E-state index in [2.05, 4.69) is 20.2 Å². The van der Waals surface area contributed by atoms with E-state index in [0.29, 0.717) is 6.54 Å². The lowest BCUT2D eigenvalue weighted by atomic mass is 9.97. The predicted molar refractivity (Wildman–Crippen MR) is 141 cm³/mol. The molecular formula is C29H28N4O3. The molecule has 5 rings (SSSR count). The van der Waals surface area contributed by atoms with Crippen molar-refractivity contribution < 1.29 is 14.3 Å². The van der Waals surface area contributed by atoms with Crippen molar-refractivity contribution in [2.24, 2.45) is 5.92 Å². The standard InChI is InChI=1S/C29H28N4O3/c1-35-24-13-9-21(10-14-24)27-18-28(31-20-30-27)33-17-5-6-22(19-33)29(34)32-23-11-15-26(16-12-23)36-25-7-3-2-4-8-25/h2-4,7-16,18,20,22H,5-6,17,19H2,1H3,(H,32,34). The molecule has 1 saturated heterocycles. The monoisotopic (exact) mass is 480 g/mol. The normalized spacial score (nSPS) is 15.2. The minimum Gasteiger partial charge on any atom is -0.497 e. The number of methoxy groups -OCH3 is 1. The van der Waals surface area contributed by atoms with Crippen LogP contribution in [0.4, 0.5) is 11.5 Å². The van der Waals surface area contributed by atoms with Crippen LogP contribution in [0, 0.1) is 5.92 Å². The van der Waals surface area contributed by atoms with Gasteiger partial charge in [0.05, 0.1) is 18.7 Å². The molecule has 1 aliphatic rings. The Kier molecular flexibility index (Phi) is 7.07. The number of carbonyl (C=O) groups is 1. The lowest BCUT2D eigenvalue weighted by Gasteiger charge is -2.33. The average molecular weight is 481 g/mol. The van der Waals surface area contributed by atoms with Gasteiger partial charge >= 0.3 is 0 Å². The number of carbonyl (C=O) groups excluding carboxylic acids is 1. The van der Waals surface area contributed by atoms with Crippen LogP contribution < -0.4 is 19.7 Å². The second-order valence-corrected chi connectivity index (χ2v) is 8.70. The van der Waals surface area contributed by atoms with E-state index in [1.54, 1.807) is 13.4 Å². The number of para-hydroxylation sites is 1. The predicted octanol–water partition coefficient (Wildman–Crippen LogP) is 5.80. The van der Waals surface area contributed by atoms with Crippen LogP contribution in [0.5, 0.6) is 17.2 Å². The van der Waals surface area contributed by atoms with Gasteiger partial charge in [-0.3, -0.25) is 4.79 Å². The molecule has 1 atom stereocenters. The molecule has 36 heavy (non-hydrogen) atoms. The number of nitrogens with one attached hydrogen (secondary N) is 1. The van der Waals surface area contributed by atoms with E-state index < -0.39 is 0 Å². The minimum absolute atomic E-state index is 0.0147. The highest BCUT2D eigenvalue weighted by Gasteiger charge is 2.27. The number of anilines is 2. The van der Waals surface area contributed by atoms with Crippen molar-refractivity contribution >= 4 is 17.4 Å². The van der Waals surface area contributed by atoms with Crippen molar-refractivity contribution in [3.63, 3.8) is 0 Å². The molecule has 7 heteroatoms. The van der Waals surface area contributed by atoms with Crippen LogP contribution in [0.3, 0.4) is 0 Å². The highest BCUT2D eigenvalue weighted by Crippen LogP contribution is 2.27. The molecule has 1 aromatic heterocycles. The zero-order valence-corrected chi connectivity index (χ0v) is 20.1. The SMILES string of the molecule is COc1ccc(-c2cc(N3CCCC(C(=O)Nc4ccc(Oc5ccccc5)cc4)C3)ncn2)cc1.